The Morgan fingerprint density at radius 3 is 2.83 bits per heavy atom. The Hall–Kier alpha value is 0.1000. The third kappa shape index (κ3) is 3.56. The Kier molecular flexibility index (Phi) is 5.24. The molecular formula is C13H17ClFNS2. The first-order valence-corrected chi connectivity index (χ1v) is 8.48. The molecule has 5 heteroatoms. The van der Waals surface area contributed by atoms with Crippen LogP contribution in [0.2, 0.25) is 5.02 Å². The van der Waals surface area contributed by atoms with Crippen molar-refractivity contribution in [2.75, 3.05) is 11.5 Å². The molecule has 1 fully saturated rings. The second-order valence-electron chi connectivity index (χ2n) is 4.53. The third-order valence-electron chi connectivity index (χ3n) is 3.11. The summed E-state index contributed by atoms with van der Waals surface area (Å²) in [6.45, 7) is 2.24. The van der Waals surface area contributed by atoms with E-state index in [1.165, 1.54) is 11.8 Å². The molecule has 1 aromatic rings. The van der Waals surface area contributed by atoms with Crippen LogP contribution in [-0.4, -0.2) is 28.0 Å². The van der Waals surface area contributed by atoms with Crippen LogP contribution in [0.15, 0.2) is 18.2 Å². The zero-order valence-corrected chi connectivity index (χ0v) is 12.6. The summed E-state index contributed by atoms with van der Waals surface area (Å²) in [4.78, 5) is 0. The van der Waals surface area contributed by atoms with Gasteiger partial charge in [-0.15, -0.1) is 0 Å². The van der Waals surface area contributed by atoms with Gasteiger partial charge < -0.3 is 5.73 Å². The fourth-order valence-electron chi connectivity index (χ4n) is 2.18. The van der Waals surface area contributed by atoms with Crippen molar-refractivity contribution in [1.82, 2.24) is 0 Å². The molecule has 1 heterocycles. The fourth-order valence-corrected chi connectivity index (χ4v) is 5.27. The summed E-state index contributed by atoms with van der Waals surface area (Å²) in [7, 11) is 0. The standard InChI is InChI=1S/C13H17ClFNS2/c1-8-13(18-5-4-17-8)12(16)7-9-2-3-11(15)10(14)6-9/h2-3,6,8,12-13H,4-5,7,16H2,1H3. The van der Waals surface area contributed by atoms with E-state index in [9.17, 15) is 4.39 Å². The van der Waals surface area contributed by atoms with Gasteiger partial charge in [0.25, 0.3) is 0 Å². The fraction of sp³-hybridized carbons (Fsp3) is 0.538. The van der Waals surface area contributed by atoms with Gasteiger partial charge in [-0.2, -0.15) is 23.5 Å². The molecular weight excluding hydrogens is 289 g/mol. The van der Waals surface area contributed by atoms with Crippen molar-refractivity contribution in [3.63, 3.8) is 0 Å². The molecule has 0 saturated carbocycles. The van der Waals surface area contributed by atoms with Crippen LogP contribution in [0, 0.1) is 5.82 Å². The molecule has 3 atom stereocenters. The normalized spacial score (nSPS) is 26.0. The molecule has 3 unspecified atom stereocenters. The minimum atomic E-state index is -0.370. The van der Waals surface area contributed by atoms with E-state index in [4.69, 9.17) is 17.3 Å². The average Bonchev–Trinajstić information content (AvgIpc) is 2.34. The molecule has 100 valence electrons. The van der Waals surface area contributed by atoms with E-state index in [1.54, 1.807) is 12.1 Å². The Morgan fingerprint density at radius 1 is 1.44 bits per heavy atom. The molecule has 1 saturated heterocycles. The first-order valence-electron chi connectivity index (χ1n) is 6.00. The summed E-state index contributed by atoms with van der Waals surface area (Å²) < 4.78 is 13.1. The highest BCUT2D eigenvalue weighted by molar-refractivity contribution is 8.07. The van der Waals surface area contributed by atoms with Crippen molar-refractivity contribution in [3.8, 4) is 0 Å². The van der Waals surface area contributed by atoms with Gasteiger partial charge in [-0.1, -0.05) is 24.6 Å². The number of hydrogen-bond acceptors (Lipinski definition) is 3. The van der Waals surface area contributed by atoms with Gasteiger partial charge in [0, 0.05) is 28.0 Å². The first-order chi connectivity index (χ1) is 8.58. The molecule has 1 aromatic carbocycles. The molecule has 2 N–H and O–H groups in total. The summed E-state index contributed by atoms with van der Waals surface area (Å²) in [6, 6.07) is 4.96. The predicted molar refractivity (Wildman–Crippen MR) is 81.3 cm³/mol. The van der Waals surface area contributed by atoms with Crippen molar-refractivity contribution >= 4 is 35.1 Å². The highest BCUT2D eigenvalue weighted by Crippen LogP contribution is 2.33. The Bertz CT molecular complexity index is 416. The lowest BCUT2D eigenvalue weighted by molar-refractivity contribution is 0.613. The molecule has 0 spiro atoms. The van der Waals surface area contributed by atoms with Crippen molar-refractivity contribution in [2.24, 2.45) is 5.73 Å². The van der Waals surface area contributed by atoms with Gasteiger partial charge in [-0.05, 0) is 24.1 Å². The lowest BCUT2D eigenvalue weighted by atomic mass is 10.0. The van der Waals surface area contributed by atoms with Crippen LogP contribution in [0.5, 0.6) is 0 Å². The second kappa shape index (κ2) is 6.51. The SMILES string of the molecule is CC1SCCSC1C(N)Cc1ccc(F)c(Cl)c1. The van der Waals surface area contributed by atoms with Crippen molar-refractivity contribution in [3.05, 3.63) is 34.6 Å². The van der Waals surface area contributed by atoms with E-state index in [-0.39, 0.29) is 16.9 Å². The first kappa shape index (κ1) is 14.5. The van der Waals surface area contributed by atoms with E-state index >= 15 is 0 Å². The molecule has 0 radical (unpaired) electrons. The molecule has 0 amide bonds. The van der Waals surface area contributed by atoms with Gasteiger partial charge in [0.2, 0.25) is 0 Å². The van der Waals surface area contributed by atoms with Crippen LogP contribution in [0.3, 0.4) is 0 Å². The summed E-state index contributed by atoms with van der Waals surface area (Å²) in [5.41, 5.74) is 7.30. The highest BCUT2D eigenvalue weighted by atomic mass is 35.5. The number of benzene rings is 1. The van der Waals surface area contributed by atoms with E-state index in [2.05, 4.69) is 6.92 Å². The smallest absolute Gasteiger partial charge is 0.141 e. The number of nitrogens with two attached hydrogens (primary N) is 1. The van der Waals surface area contributed by atoms with Gasteiger partial charge in [0.15, 0.2) is 0 Å². The molecule has 0 bridgehead atoms. The zero-order chi connectivity index (χ0) is 13.1. The monoisotopic (exact) mass is 305 g/mol. The number of halogens is 2. The highest BCUT2D eigenvalue weighted by Gasteiger charge is 2.28. The molecule has 2 rings (SSSR count). The quantitative estimate of drug-likeness (QED) is 0.924. The van der Waals surface area contributed by atoms with E-state index in [1.807, 2.05) is 23.5 Å². The molecule has 0 aliphatic carbocycles. The lowest BCUT2D eigenvalue weighted by Gasteiger charge is -2.32. The maximum atomic E-state index is 13.1. The lowest BCUT2D eigenvalue weighted by Crippen LogP contribution is -2.42. The Labute approximate surface area is 121 Å². The van der Waals surface area contributed by atoms with Crippen LogP contribution in [-0.2, 0) is 6.42 Å². The molecule has 1 aliphatic rings. The van der Waals surface area contributed by atoms with Crippen LogP contribution >= 0.6 is 35.1 Å². The van der Waals surface area contributed by atoms with Gasteiger partial charge >= 0.3 is 0 Å². The van der Waals surface area contributed by atoms with Gasteiger partial charge in [-0.3, -0.25) is 0 Å². The summed E-state index contributed by atoms with van der Waals surface area (Å²) in [6.07, 6.45) is 0.753. The summed E-state index contributed by atoms with van der Waals surface area (Å²) in [5, 5.41) is 1.22. The van der Waals surface area contributed by atoms with Crippen LogP contribution in [0.25, 0.3) is 0 Å². The van der Waals surface area contributed by atoms with Crippen LogP contribution < -0.4 is 5.73 Å². The van der Waals surface area contributed by atoms with Gasteiger partial charge in [-0.25, -0.2) is 4.39 Å². The third-order valence-corrected chi connectivity index (χ3v) is 6.68. The molecule has 18 heavy (non-hydrogen) atoms. The zero-order valence-electron chi connectivity index (χ0n) is 10.2. The number of hydrogen-bond donors (Lipinski definition) is 1. The molecule has 0 aromatic heterocycles. The van der Waals surface area contributed by atoms with Crippen molar-refractivity contribution in [2.45, 2.75) is 29.9 Å². The largest absolute Gasteiger partial charge is 0.326 e. The maximum absolute atomic E-state index is 13.1. The minimum Gasteiger partial charge on any atom is -0.326 e. The van der Waals surface area contributed by atoms with Crippen LogP contribution in [0.1, 0.15) is 12.5 Å². The van der Waals surface area contributed by atoms with Gasteiger partial charge in [0.1, 0.15) is 5.82 Å². The Morgan fingerprint density at radius 2 is 2.17 bits per heavy atom. The van der Waals surface area contributed by atoms with E-state index in [0.717, 1.165) is 17.7 Å². The second-order valence-corrected chi connectivity index (χ2v) is 7.71. The molecule has 1 aliphatic heterocycles. The number of thioether (sulfide) groups is 2. The average molecular weight is 306 g/mol. The topological polar surface area (TPSA) is 26.0 Å². The van der Waals surface area contributed by atoms with Crippen molar-refractivity contribution < 1.29 is 4.39 Å². The summed E-state index contributed by atoms with van der Waals surface area (Å²) in [5.74, 6) is 2.00. The van der Waals surface area contributed by atoms with Crippen molar-refractivity contribution in [1.29, 1.82) is 0 Å². The summed E-state index contributed by atoms with van der Waals surface area (Å²) >= 11 is 9.72. The predicted octanol–water partition coefficient (Wildman–Crippen LogP) is 3.59. The minimum absolute atomic E-state index is 0.0966. The maximum Gasteiger partial charge on any atom is 0.141 e. The Balaban J connectivity index is 2.01. The van der Waals surface area contributed by atoms with Crippen LogP contribution in [0.4, 0.5) is 4.39 Å². The van der Waals surface area contributed by atoms with E-state index in [0.29, 0.717) is 10.5 Å². The van der Waals surface area contributed by atoms with E-state index < -0.39 is 0 Å². The molecule has 1 nitrogen and oxygen atoms in total. The van der Waals surface area contributed by atoms with Gasteiger partial charge in [0.05, 0.1) is 5.02 Å². The number of rotatable bonds is 3.